The number of hydrogen-bond donors (Lipinski definition) is 1. The van der Waals surface area contributed by atoms with Gasteiger partial charge >= 0.3 is 0 Å². The van der Waals surface area contributed by atoms with Gasteiger partial charge in [0.25, 0.3) is 0 Å². The van der Waals surface area contributed by atoms with E-state index in [0.29, 0.717) is 5.13 Å². The van der Waals surface area contributed by atoms with Gasteiger partial charge in [-0.2, -0.15) is 5.10 Å². The number of fused-ring (bicyclic) bond motifs is 3. The molecule has 0 atom stereocenters. The van der Waals surface area contributed by atoms with E-state index in [4.69, 9.17) is 5.10 Å². The number of amides is 1. The minimum absolute atomic E-state index is 0.111. The van der Waals surface area contributed by atoms with Gasteiger partial charge in [0.1, 0.15) is 0 Å². The minimum atomic E-state index is -0.111. The zero-order chi connectivity index (χ0) is 20.8. The van der Waals surface area contributed by atoms with Crippen molar-refractivity contribution in [2.45, 2.75) is 33.6 Å². The lowest BCUT2D eigenvalue weighted by Crippen LogP contribution is -2.07. The second-order valence-corrected chi connectivity index (χ2v) is 8.54. The highest BCUT2D eigenvalue weighted by Crippen LogP contribution is 2.44. The SMILES string of the molecule is CC(=O)Nc1nc2c(s1)-c1c(c(-c3ccc(C)nc3)nn1-c1ccccc1C)CC2. The highest BCUT2D eigenvalue weighted by Gasteiger charge is 2.30. The lowest BCUT2D eigenvalue weighted by Gasteiger charge is -2.15. The average molecular weight is 416 g/mol. The Morgan fingerprint density at radius 2 is 1.97 bits per heavy atom. The van der Waals surface area contributed by atoms with Crippen molar-refractivity contribution in [3.63, 3.8) is 0 Å². The minimum Gasteiger partial charge on any atom is -0.302 e. The normalized spacial score (nSPS) is 12.4. The molecular weight excluding hydrogens is 394 g/mol. The number of thiazole rings is 1. The molecule has 0 unspecified atom stereocenters. The van der Waals surface area contributed by atoms with E-state index in [2.05, 4.69) is 40.4 Å². The van der Waals surface area contributed by atoms with Gasteiger partial charge < -0.3 is 5.32 Å². The van der Waals surface area contributed by atoms with Crippen molar-refractivity contribution in [2.24, 2.45) is 0 Å². The lowest BCUT2D eigenvalue weighted by atomic mass is 9.95. The summed E-state index contributed by atoms with van der Waals surface area (Å²) >= 11 is 1.51. The van der Waals surface area contributed by atoms with Gasteiger partial charge in [0.05, 0.1) is 27.6 Å². The number of pyridine rings is 1. The van der Waals surface area contributed by atoms with E-state index in [0.717, 1.165) is 57.3 Å². The first-order valence-corrected chi connectivity index (χ1v) is 10.7. The molecule has 5 rings (SSSR count). The summed E-state index contributed by atoms with van der Waals surface area (Å²) in [6.07, 6.45) is 3.57. The van der Waals surface area contributed by atoms with Crippen LogP contribution < -0.4 is 5.32 Å². The molecule has 0 aliphatic heterocycles. The number of anilines is 1. The number of carbonyl (C=O) groups is 1. The molecule has 0 bridgehead atoms. The Morgan fingerprint density at radius 1 is 1.13 bits per heavy atom. The van der Waals surface area contributed by atoms with E-state index >= 15 is 0 Å². The molecule has 3 aromatic heterocycles. The van der Waals surface area contributed by atoms with Crippen LogP contribution in [0.1, 0.15) is 29.4 Å². The smallest absolute Gasteiger partial charge is 0.223 e. The second kappa shape index (κ2) is 7.18. The van der Waals surface area contributed by atoms with Crippen molar-refractivity contribution in [1.82, 2.24) is 19.7 Å². The number of hydrogen-bond acceptors (Lipinski definition) is 5. The fraction of sp³-hybridized carbons (Fsp3) is 0.217. The molecule has 0 saturated carbocycles. The van der Waals surface area contributed by atoms with Gasteiger partial charge in [-0.1, -0.05) is 29.5 Å². The largest absolute Gasteiger partial charge is 0.302 e. The Hall–Kier alpha value is -3.32. The number of aromatic nitrogens is 4. The molecule has 4 aromatic rings. The predicted octanol–water partition coefficient (Wildman–Crippen LogP) is 4.73. The molecule has 1 aliphatic carbocycles. The van der Waals surface area contributed by atoms with Crippen molar-refractivity contribution in [2.75, 3.05) is 5.32 Å². The lowest BCUT2D eigenvalue weighted by molar-refractivity contribution is -0.114. The number of rotatable bonds is 3. The molecule has 0 spiro atoms. The monoisotopic (exact) mass is 415 g/mol. The maximum Gasteiger partial charge on any atom is 0.223 e. The van der Waals surface area contributed by atoms with Crippen LogP contribution >= 0.6 is 11.3 Å². The Balaban J connectivity index is 1.76. The van der Waals surface area contributed by atoms with Crippen LogP contribution in [0.5, 0.6) is 0 Å². The summed E-state index contributed by atoms with van der Waals surface area (Å²) in [5.74, 6) is -0.111. The van der Waals surface area contributed by atoms with Gasteiger partial charge in [-0.05, 0) is 50.5 Å². The predicted molar refractivity (Wildman–Crippen MR) is 119 cm³/mol. The van der Waals surface area contributed by atoms with E-state index in [1.807, 2.05) is 36.0 Å². The molecule has 7 heteroatoms. The Morgan fingerprint density at radius 3 is 2.70 bits per heavy atom. The molecule has 150 valence electrons. The van der Waals surface area contributed by atoms with Gasteiger partial charge in [0, 0.05) is 29.9 Å². The Labute approximate surface area is 178 Å². The standard InChI is InChI=1S/C23H21N5OS/c1-13-6-4-5-7-19(13)28-21-17(20(27-28)16-9-8-14(2)24-12-16)10-11-18-22(21)30-23(26-18)25-15(3)29/h4-9,12H,10-11H2,1-3H3,(H,25,26,29). The highest BCUT2D eigenvalue weighted by molar-refractivity contribution is 7.19. The first kappa shape index (κ1) is 18.7. The first-order valence-electron chi connectivity index (χ1n) is 9.90. The fourth-order valence-corrected chi connectivity index (χ4v) is 5.01. The summed E-state index contributed by atoms with van der Waals surface area (Å²) in [5, 5.41) is 8.53. The summed E-state index contributed by atoms with van der Waals surface area (Å²) in [7, 11) is 0. The zero-order valence-corrected chi connectivity index (χ0v) is 17.9. The Bertz CT molecular complexity index is 1270. The molecule has 1 aromatic carbocycles. The van der Waals surface area contributed by atoms with Crippen LogP contribution in [0.4, 0.5) is 5.13 Å². The summed E-state index contributed by atoms with van der Waals surface area (Å²) in [4.78, 5) is 21.8. The van der Waals surface area contributed by atoms with Crippen LogP contribution in [0, 0.1) is 13.8 Å². The first-order chi connectivity index (χ1) is 14.5. The van der Waals surface area contributed by atoms with Crippen LogP contribution in [-0.2, 0) is 17.6 Å². The summed E-state index contributed by atoms with van der Waals surface area (Å²) in [6.45, 7) is 5.58. The van der Waals surface area contributed by atoms with Crippen molar-refractivity contribution in [3.8, 4) is 27.5 Å². The molecule has 1 N–H and O–H groups in total. The van der Waals surface area contributed by atoms with Crippen molar-refractivity contribution in [1.29, 1.82) is 0 Å². The molecule has 1 aliphatic rings. The Kier molecular flexibility index (Phi) is 4.47. The molecule has 0 saturated heterocycles. The highest BCUT2D eigenvalue weighted by atomic mass is 32.1. The van der Waals surface area contributed by atoms with Crippen molar-refractivity contribution < 1.29 is 4.79 Å². The van der Waals surface area contributed by atoms with Crippen LogP contribution in [0.2, 0.25) is 0 Å². The number of benzene rings is 1. The summed E-state index contributed by atoms with van der Waals surface area (Å²) in [5.41, 5.74) is 8.43. The molecule has 30 heavy (non-hydrogen) atoms. The topological polar surface area (TPSA) is 72.7 Å². The van der Waals surface area contributed by atoms with E-state index in [9.17, 15) is 4.79 Å². The number of carbonyl (C=O) groups excluding carboxylic acids is 1. The van der Waals surface area contributed by atoms with Crippen LogP contribution in [0.3, 0.4) is 0 Å². The average Bonchev–Trinajstić information content (AvgIpc) is 3.29. The molecular formula is C23H21N5OS. The maximum atomic E-state index is 11.6. The van der Waals surface area contributed by atoms with Gasteiger partial charge in [-0.25, -0.2) is 9.67 Å². The number of nitrogens with one attached hydrogen (secondary N) is 1. The molecule has 3 heterocycles. The van der Waals surface area contributed by atoms with Gasteiger partial charge in [-0.3, -0.25) is 9.78 Å². The maximum absolute atomic E-state index is 11.6. The number of nitrogens with zero attached hydrogens (tertiary/aromatic N) is 4. The third-order valence-corrected chi connectivity index (χ3v) is 6.34. The molecule has 0 radical (unpaired) electrons. The third kappa shape index (κ3) is 3.11. The van der Waals surface area contributed by atoms with Crippen LogP contribution in [0.15, 0.2) is 42.6 Å². The van der Waals surface area contributed by atoms with E-state index in [1.54, 1.807) is 0 Å². The molecule has 1 amide bonds. The van der Waals surface area contributed by atoms with Gasteiger partial charge in [0.2, 0.25) is 5.91 Å². The number of aryl methyl sites for hydroxylation is 3. The van der Waals surface area contributed by atoms with Crippen molar-refractivity contribution in [3.05, 3.63) is 65.1 Å². The fourth-order valence-electron chi connectivity index (χ4n) is 3.89. The summed E-state index contributed by atoms with van der Waals surface area (Å²) in [6, 6.07) is 12.3. The van der Waals surface area contributed by atoms with E-state index in [-0.39, 0.29) is 5.91 Å². The molecule has 6 nitrogen and oxygen atoms in total. The quantitative estimate of drug-likeness (QED) is 0.525. The second-order valence-electron chi connectivity index (χ2n) is 7.54. The number of para-hydroxylation sites is 1. The van der Waals surface area contributed by atoms with E-state index < -0.39 is 0 Å². The van der Waals surface area contributed by atoms with E-state index in [1.165, 1.54) is 23.8 Å². The third-order valence-electron chi connectivity index (χ3n) is 5.32. The van der Waals surface area contributed by atoms with Crippen LogP contribution in [0.25, 0.3) is 27.5 Å². The molecule has 0 fully saturated rings. The van der Waals surface area contributed by atoms with Crippen molar-refractivity contribution >= 4 is 22.4 Å². The van der Waals surface area contributed by atoms with Crippen LogP contribution in [-0.4, -0.2) is 25.7 Å². The summed E-state index contributed by atoms with van der Waals surface area (Å²) < 4.78 is 2.04. The van der Waals surface area contributed by atoms with Gasteiger partial charge in [-0.15, -0.1) is 0 Å². The zero-order valence-electron chi connectivity index (χ0n) is 17.1. The van der Waals surface area contributed by atoms with Gasteiger partial charge in [0.15, 0.2) is 5.13 Å².